The van der Waals surface area contributed by atoms with E-state index in [0.717, 1.165) is 10.9 Å². The molecule has 0 aliphatic rings. The third-order valence-corrected chi connectivity index (χ3v) is 2.87. The van der Waals surface area contributed by atoms with Crippen molar-refractivity contribution in [3.05, 3.63) is 35.2 Å². The van der Waals surface area contributed by atoms with E-state index in [0.29, 0.717) is 11.3 Å². The van der Waals surface area contributed by atoms with Crippen LogP contribution in [0.15, 0.2) is 29.1 Å². The molecule has 0 saturated carbocycles. The summed E-state index contributed by atoms with van der Waals surface area (Å²) in [6, 6.07) is 3.76. The Morgan fingerprint density at radius 2 is 2.20 bits per heavy atom. The number of aromatic amines is 1. The molecule has 15 heavy (non-hydrogen) atoms. The molecule has 0 aliphatic heterocycles. The Balaban J connectivity index is 2.38. The predicted octanol–water partition coefficient (Wildman–Crippen LogP) is 2.83. The highest BCUT2D eigenvalue weighted by Crippen LogP contribution is 2.26. The van der Waals surface area contributed by atoms with Crippen molar-refractivity contribution in [2.45, 2.75) is 0 Å². The van der Waals surface area contributed by atoms with E-state index < -0.39 is 6.08 Å². The lowest BCUT2D eigenvalue weighted by molar-refractivity contribution is 0.545. The van der Waals surface area contributed by atoms with E-state index in [1.165, 1.54) is 0 Å². The zero-order chi connectivity index (χ0) is 10.3. The van der Waals surface area contributed by atoms with E-state index in [2.05, 4.69) is 15.0 Å². The fourth-order valence-electron chi connectivity index (χ4n) is 1.53. The maximum absolute atomic E-state index is 13.1. The molecule has 0 bridgehead atoms. The Morgan fingerprint density at radius 1 is 1.27 bits per heavy atom. The van der Waals surface area contributed by atoms with E-state index in [4.69, 9.17) is 0 Å². The molecule has 3 aromatic heterocycles. The second-order valence-electron chi connectivity index (χ2n) is 3.09. The smallest absolute Gasteiger partial charge is 0.311 e. The second-order valence-corrected chi connectivity index (χ2v) is 3.87. The van der Waals surface area contributed by atoms with Crippen LogP contribution in [-0.4, -0.2) is 15.0 Å². The normalized spacial score (nSPS) is 11.0. The largest absolute Gasteiger partial charge is 0.346 e. The van der Waals surface area contributed by atoms with Crippen molar-refractivity contribution in [3.63, 3.8) is 0 Å². The molecule has 0 radical (unpaired) electrons. The van der Waals surface area contributed by atoms with Crippen LogP contribution in [0.25, 0.3) is 22.3 Å². The Kier molecular flexibility index (Phi) is 1.78. The molecule has 0 spiro atoms. The number of rotatable bonds is 1. The first kappa shape index (κ1) is 8.55. The van der Waals surface area contributed by atoms with E-state index in [9.17, 15) is 4.39 Å². The molecule has 3 rings (SSSR count). The molecule has 0 saturated heterocycles. The minimum Gasteiger partial charge on any atom is -0.346 e. The number of fused-ring (bicyclic) bond motifs is 1. The predicted molar refractivity (Wildman–Crippen MR) is 57.2 cm³/mol. The number of thiophene rings is 1. The molecule has 0 aromatic carbocycles. The fraction of sp³-hybridized carbons (Fsp3) is 0. The topological polar surface area (TPSA) is 41.6 Å². The van der Waals surface area contributed by atoms with Gasteiger partial charge < -0.3 is 4.98 Å². The minimum atomic E-state index is -0.703. The Hall–Kier alpha value is -1.75. The van der Waals surface area contributed by atoms with Crippen LogP contribution in [0.3, 0.4) is 0 Å². The standard InChI is InChI=1S/C10H6FN3S/c11-10-13-8(6-2-4-15-5-6)7-1-3-12-9(7)14-10/h1-5H,(H,12,13,14). The molecule has 3 heterocycles. The summed E-state index contributed by atoms with van der Waals surface area (Å²) in [6.07, 6.45) is 1.03. The summed E-state index contributed by atoms with van der Waals surface area (Å²) < 4.78 is 13.1. The lowest BCUT2D eigenvalue weighted by Crippen LogP contribution is -1.92. The molecule has 5 heteroatoms. The van der Waals surface area contributed by atoms with E-state index in [1.807, 2.05) is 22.9 Å². The maximum Gasteiger partial charge on any atom is 0.311 e. The molecule has 1 N–H and O–H groups in total. The fourth-order valence-corrected chi connectivity index (χ4v) is 2.17. The van der Waals surface area contributed by atoms with Gasteiger partial charge in [-0.15, -0.1) is 0 Å². The van der Waals surface area contributed by atoms with Gasteiger partial charge in [0.05, 0.1) is 5.69 Å². The molecular weight excluding hydrogens is 213 g/mol. The van der Waals surface area contributed by atoms with Gasteiger partial charge in [0, 0.05) is 22.5 Å². The monoisotopic (exact) mass is 219 g/mol. The summed E-state index contributed by atoms with van der Waals surface area (Å²) in [6.45, 7) is 0. The molecular formula is C10H6FN3S. The van der Waals surface area contributed by atoms with Gasteiger partial charge in [-0.2, -0.15) is 20.7 Å². The van der Waals surface area contributed by atoms with Crippen molar-refractivity contribution in [1.82, 2.24) is 15.0 Å². The van der Waals surface area contributed by atoms with Gasteiger partial charge in [0.25, 0.3) is 0 Å². The van der Waals surface area contributed by atoms with Crippen LogP contribution >= 0.6 is 11.3 Å². The summed E-state index contributed by atoms with van der Waals surface area (Å²) >= 11 is 1.56. The number of hydrogen-bond donors (Lipinski definition) is 1. The van der Waals surface area contributed by atoms with Crippen LogP contribution in [0.4, 0.5) is 4.39 Å². The molecule has 0 fully saturated rings. The lowest BCUT2D eigenvalue weighted by atomic mass is 10.2. The van der Waals surface area contributed by atoms with Crippen molar-refractivity contribution in [2.75, 3.05) is 0 Å². The number of aromatic nitrogens is 3. The summed E-state index contributed by atoms with van der Waals surface area (Å²) in [5, 5.41) is 4.72. The molecule has 0 amide bonds. The van der Waals surface area contributed by atoms with Crippen molar-refractivity contribution in [1.29, 1.82) is 0 Å². The molecule has 0 atom stereocenters. The van der Waals surface area contributed by atoms with Crippen LogP contribution in [0.1, 0.15) is 0 Å². The highest BCUT2D eigenvalue weighted by Gasteiger charge is 2.10. The van der Waals surface area contributed by atoms with Crippen molar-refractivity contribution in [2.24, 2.45) is 0 Å². The third kappa shape index (κ3) is 1.32. The first-order valence-corrected chi connectivity index (χ1v) is 5.32. The summed E-state index contributed by atoms with van der Waals surface area (Å²) in [5.74, 6) is 0. The first-order valence-electron chi connectivity index (χ1n) is 4.38. The van der Waals surface area contributed by atoms with Crippen molar-refractivity contribution in [3.8, 4) is 11.3 Å². The van der Waals surface area contributed by atoms with E-state index in [-0.39, 0.29) is 0 Å². The summed E-state index contributed by atoms with van der Waals surface area (Å²) in [5.41, 5.74) is 2.09. The van der Waals surface area contributed by atoms with E-state index in [1.54, 1.807) is 17.5 Å². The van der Waals surface area contributed by atoms with E-state index >= 15 is 0 Å². The molecule has 0 aliphatic carbocycles. The molecule has 74 valence electrons. The average molecular weight is 219 g/mol. The first-order chi connectivity index (χ1) is 7.34. The van der Waals surface area contributed by atoms with Gasteiger partial charge in [-0.05, 0) is 17.5 Å². The van der Waals surface area contributed by atoms with Crippen LogP contribution < -0.4 is 0 Å². The van der Waals surface area contributed by atoms with Crippen LogP contribution in [-0.2, 0) is 0 Å². The molecule has 3 aromatic rings. The van der Waals surface area contributed by atoms with Crippen molar-refractivity contribution < 1.29 is 4.39 Å². The van der Waals surface area contributed by atoms with Gasteiger partial charge in [0.1, 0.15) is 5.65 Å². The number of nitrogens with one attached hydrogen (secondary N) is 1. The maximum atomic E-state index is 13.1. The van der Waals surface area contributed by atoms with Crippen LogP contribution in [0.5, 0.6) is 0 Å². The van der Waals surface area contributed by atoms with Gasteiger partial charge in [-0.25, -0.2) is 4.98 Å². The zero-order valence-corrected chi connectivity index (χ0v) is 8.38. The quantitative estimate of drug-likeness (QED) is 0.639. The number of halogens is 1. The SMILES string of the molecule is Fc1nc(-c2ccsc2)c2cc[nH]c2n1. The lowest BCUT2D eigenvalue weighted by Gasteiger charge is -1.98. The minimum absolute atomic E-state index is 0.531. The van der Waals surface area contributed by atoms with Crippen molar-refractivity contribution >= 4 is 22.4 Å². The highest BCUT2D eigenvalue weighted by atomic mass is 32.1. The zero-order valence-electron chi connectivity index (χ0n) is 7.57. The van der Waals surface area contributed by atoms with Gasteiger partial charge in [0.2, 0.25) is 0 Å². The Labute approximate surface area is 88.6 Å². The number of H-pyrrole nitrogens is 1. The summed E-state index contributed by atoms with van der Waals surface area (Å²) in [7, 11) is 0. The van der Waals surface area contributed by atoms with Gasteiger partial charge in [-0.1, -0.05) is 0 Å². The Bertz CT molecular complexity index is 600. The molecule has 0 unspecified atom stereocenters. The average Bonchev–Trinajstić information content (AvgIpc) is 2.86. The van der Waals surface area contributed by atoms with Crippen LogP contribution in [0, 0.1) is 6.08 Å². The van der Waals surface area contributed by atoms with Crippen LogP contribution in [0.2, 0.25) is 0 Å². The summed E-state index contributed by atoms with van der Waals surface area (Å²) in [4.78, 5) is 10.4. The third-order valence-electron chi connectivity index (χ3n) is 2.18. The second kappa shape index (κ2) is 3.13. The Morgan fingerprint density at radius 3 is 3.00 bits per heavy atom. The molecule has 3 nitrogen and oxygen atoms in total. The number of hydrogen-bond acceptors (Lipinski definition) is 3. The van der Waals surface area contributed by atoms with Gasteiger partial charge in [-0.3, -0.25) is 0 Å². The number of nitrogens with zero attached hydrogens (tertiary/aromatic N) is 2. The highest BCUT2D eigenvalue weighted by molar-refractivity contribution is 7.08. The van der Waals surface area contributed by atoms with Gasteiger partial charge in [0.15, 0.2) is 0 Å². The van der Waals surface area contributed by atoms with Gasteiger partial charge >= 0.3 is 6.08 Å².